The van der Waals surface area contributed by atoms with Gasteiger partial charge in [0.1, 0.15) is 8.56 Å². The van der Waals surface area contributed by atoms with E-state index >= 15 is 0 Å². The van der Waals surface area contributed by atoms with Crippen LogP contribution in [0.25, 0.3) is 0 Å². The summed E-state index contributed by atoms with van der Waals surface area (Å²) < 4.78 is 11.1. The van der Waals surface area contributed by atoms with Crippen LogP contribution in [0.15, 0.2) is 12.7 Å². The largest absolute Gasteiger partial charge is 0.463 e. The second-order valence-electron chi connectivity index (χ2n) is 5.07. The van der Waals surface area contributed by atoms with Gasteiger partial charge in [-0.05, 0) is 31.6 Å². The van der Waals surface area contributed by atoms with Crippen molar-refractivity contribution >= 4 is 32.6 Å². The Labute approximate surface area is 104 Å². The zero-order chi connectivity index (χ0) is 12.8. The molecule has 0 aromatic carbocycles. The Morgan fingerprint density at radius 1 is 1.56 bits per heavy atom. The van der Waals surface area contributed by atoms with E-state index in [0.717, 1.165) is 16.2 Å². The molecule has 0 aliphatic carbocycles. The summed E-state index contributed by atoms with van der Waals surface area (Å²) in [7, 11) is -1.23. The Morgan fingerprint density at radius 2 is 2.12 bits per heavy atom. The topological polar surface area (TPSA) is 35.5 Å². The SMILES string of the molecule is C=CC(=O)OCCC(C)[SiH]([SiH3])O[Si](C)(C)C. The monoisotopic (exact) mass is 276 g/mol. The molecule has 94 valence electrons. The molecule has 0 saturated carbocycles. The zero-order valence-electron chi connectivity index (χ0n) is 11.1. The van der Waals surface area contributed by atoms with Crippen molar-refractivity contribution in [3.05, 3.63) is 12.7 Å². The van der Waals surface area contributed by atoms with Gasteiger partial charge >= 0.3 is 5.97 Å². The van der Waals surface area contributed by atoms with Gasteiger partial charge in [0, 0.05) is 15.8 Å². The molecule has 0 spiro atoms. The second kappa shape index (κ2) is 7.21. The van der Waals surface area contributed by atoms with Gasteiger partial charge in [-0.2, -0.15) is 0 Å². The summed E-state index contributed by atoms with van der Waals surface area (Å²) >= 11 is 0. The van der Waals surface area contributed by atoms with Crippen LogP contribution in [0.1, 0.15) is 13.3 Å². The van der Waals surface area contributed by atoms with Crippen molar-refractivity contribution in [3.63, 3.8) is 0 Å². The number of rotatable bonds is 7. The fourth-order valence-corrected chi connectivity index (χ4v) is 14.7. The van der Waals surface area contributed by atoms with E-state index in [-0.39, 0.29) is 5.97 Å². The summed E-state index contributed by atoms with van der Waals surface area (Å²) in [5.41, 5.74) is 0.594. The maximum atomic E-state index is 10.8. The second-order valence-corrected chi connectivity index (χ2v) is 16.2. The molecule has 0 fully saturated rings. The van der Waals surface area contributed by atoms with E-state index in [4.69, 9.17) is 8.85 Å². The van der Waals surface area contributed by atoms with Crippen molar-refractivity contribution in [3.8, 4) is 0 Å². The minimum Gasteiger partial charge on any atom is -0.463 e. The fourth-order valence-electron chi connectivity index (χ4n) is 1.31. The Kier molecular flexibility index (Phi) is 7.13. The summed E-state index contributed by atoms with van der Waals surface area (Å²) in [6.45, 7) is 12.8. The Balaban J connectivity index is 3.83. The molecule has 0 saturated heterocycles. The first-order chi connectivity index (χ1) is 7.26. The molecule has 2 atom stereocenters. The number of hydrogen-bond acceptors (Lipinski definition) is 3. The van der Waals surface area contributed by atoms with Gasteiger partial charge in [0.25, 0.3) is 0 Å². The van der Waals surface area contributed by atoms with Crippen LogP contribution in [0.4, 0.5) is 0 Å². The number of hydrogen-bond donors (Lipinski definition) is 0. The van der Waals surface area contributed by atoms with E-state index < -0.39 is 16.9 Å². The van der Waals surface area contributed by atoms with Gasteiger partial charge in [0.15, 0.2) is 8.32 Å². The third-order valence-corrected chi connectivity index (χ3v) is 14.1. The minimum absolute atomic E-state index is 0.329. The fraction of sp³-hybridized carbons (Fsp3) is 0.700. The average Bonchev–Trinajstić information content (AvgIpc) is 2.14. The van der Waals surface area contributed by atoms with E-state index in [0.29, 0.717) is 12.1 Å². The van der Waals surface area contributed by atoms with Crippen LogP contribution in [0.3, 0.4) is 0 Å². The molecular formula is C10H24O3Si3. The van der Waals surface area contributed by atoms with Gasteiger partial charge in [-0.3, -0.25) is 0 Å². The van der Waals surface area contributed by atoms with Crippen molar-refractivity contribution in [1.29, 1.82) is 0 Å². The summed E-state index contributed by atoms with van der Waals surface area (Å²) in [6.07, 6.45) is 2.13. The Hall–Kier alpha value is -0.179. The van der Waals surface area contributed by atoms with E-state index in [1.165, 1.54) is 6.08 Å². The first kappa shape index (κ1) is 15.8. The van der Waals surface area contributed by atoms with Crippen molar-refractivity contribution in [2.24, 2.45) is 0 Å². The van der Waals surface area contributed by atoms with Gasteiger partial charge in [-0.15, -0.1) is 0 Å². The molecule has 0 aromatic heterocycles. The third kappa shape index (κ3) is 8.03. The standard InChI is InChI=1S/C10H24O3Si3/c1-6-10(11)12-8-7-9(2)15(14)13-16(3,4)5/h6,9,15H,1,7-8H2,2-5,14H3. The number of ether oxygens (including phenoxy) is 1. The van der Waals surface area contributed by atoms with Crippen LogP contribution in [0, 0.1) is 0 Å². The lowest BCUT2D eigenvalue weighted by molar-refractivity contribution is -0.137. The van der Waals surface area contributed by atoms with Crippen LogP contribution in [-0.2, 0) is 13.6 Å². The smallest absolute Gasteiger partial charge is 0.330 e. The highest BCUT2D eigenvalue weighted by Crippen LogP contribution is 2.17. The average molecular weight is 277 g/mol. The highest BCUT2D eigenvalue weighted by Gasteiger charge is 2.22. The quantitative estimate of drug-likeness (QED) is 0.394. The normalized spacial score (nSPS) is 15.5. The van der Waals surface area contributed by atoms with Gasteiger partial charge in [0.05, 0.1) is 6.61 Å². The van der Waals surface area contributed by atoms with Gasteiger partial charge in [-0.25, -0.2) is 4.79 Å². The van der Waals surface area contributed by atoms with Crippen LogP contribution in [-0.4, -0.2) is 39.2 Å². The number of carbonyl (C=O) groups is 1. The highest BCUT2D eigenvalue weighted by molar-refractivity contribution is 7.03. The van der Waals surface area contributed by atoms with E-state index in [9.17, 15) is 4.79 Å². The Morgan fingerprint density at radius 3 is 2.56 bits per heavy atom. The molecule has 0 aromatic rings. The van der Waals surface area contributed by atoms with Crippen molar-refractivity contribution < 1.29 is 13.6 Å². The Bertz CT molecular complexity index is 238. The van der Waals surface area contributed by atoms with Crippen molar-refractivity contribution in [2.45, 2.75) is 38.5 Å². The molecule has 0 aliphatic heterocycles. The lowest BCUT2D eigenvalue weighted by atomic mass is 10.3. The first-order valence-corrected chi connectivity index (χ1v) is 14.9. The molecule has 2 unspecified atom stereocenters. The first-order valence-electron chi connectivity index (χ1n) is 5.73. The van der Waals surface area contributed by atoms with Crippen LogP contribution >= 0.6 is 0 Å². The summed E-state index contributed by atoms with van der Waals surface area (Å²) in [4.78, 5) is 10.8. The molecule has 0 aliphatic rings. The van der Waals surface area contributed by atoms with Crippen molar-refractivity contribution in [2.75, 3.05) is 6.61 Å². The molecule has 0 bridgehead atoms. The molecule has 0 heterocycles. The summed E-state index contributed by atoms with van der Waals surface area (Å²) in [5, 5.41) is 0. The van der Waals surface area contributed by atoms with Gasteiger partial charge < -0.3 is 8.85 Å². The predicted octanol–water partition coefficient (Wildman–Crippen LogP) is 0.933. The molecule has 3 nitrogen and oxygen atoms in total. The summed E-state index contributed by atoms with van der Waals surface area (Å²) in [5.74, 6) is -0.329. The minimum atomic E-state index is -1.38. The van der Waals surface area contributed by atoms with Crippen LogP contribution in [0.5, 0.6) is 0 Å². The molecule has 6 heteroatoms. The summed E-state index contributed by atoms with van der Waals surface area (Å²) in [6, 6.07) is 0. The van der Waals surface area contributed by atoms with Crippen LogP contribution < -0.4 is 0 Å². The van der Waals surface area contributed by atoms with E-state index in [1.54, 1.807) is 0 Å². The number of esters is 1. The molecule has 0 rings (SSSR count). The lowest BCUT2D eigenvalue weighted by Gasteiger charge is -2.27. The predicted molar refractivity (Wildman–Crippen MR) is 76.7 cm³/mol. The number of carbonyl (C=O) groups excluding carboxylic acids is 1. The molecule has 16 heavy (non-hydrogen) atoms. The molecule has 0 radical (unpaired) electrons. The highest BCUT2D eigenvalue weighted by atomic mass is 29.2. The zero-order valence-corrected chi connectivity index (χ0v) is 15.2. The van der Waals surface area contributed by atoms with E-state index in [1.807, 2.05) is 0 Å². The van der Waals surface area contributed by atoms with Gasteiger partial charge in [0.2, 0.25) is 0 Å². The maximum Gasteiger partial charge on any atom is 0.330 e. The van der Waals surface area contributed by atoms with E-state index in [2.05, 4.69) is 33.1 Å². The molecule has 0 amide bonds. The van der Waals surface area contributed by atoms with Gasteiger partial charge in [-0.1, -0.05) is 13.5 Å². The molecule has 0 N–H and O–H groups in total. The lowest BCUT2D eigenvalue weighted by Crippen LogP contribution is -2.38. The molecular weight excluding hydrogens is 252 g/mol. The van der Waals surface area contributed by atoms with Crippen molar-refractivity contribution in [1.82, 2.24) is 0 Å². The third-order valence-electron chi connectivity index (χ3n) is 2.32. The van der Waals surface area contributed by atoms with Crippen LogP contribution in [0.2, 0.25) is 25.2 Å². The maximum absolute atomic E-state index is 10.8.